The lowest BCUT2D eigenvalue weighted by molar-refractivity contribution is -0.167. The molecule has 6 heteroatoms. The summed E-state index contributed by atoms with van der Waals surface area (Å²) in [5.41, 5.74) is 0. The molecule has 6 nitrogen and oxygen atoms in total. The first kappa shape index (κ1) is 52.4. The molecule has 0 rings (SSSR count). The molecular weight excluding hydrogens is 673 g/mol. The summed E-state index contributed by atoms with van der Waals surface area (Å²) in [6.45, 7) is 8.95. The van der Waals surface area contributed by atoms with Crippen LogP contribution in [-0.4, -0.2) is 37.2 Å². The van der Waals surface area contributed by atoms with E-state index in [2.05, 4.69) is 27.7 Å². The van der Waals surface area contributed by atoms with E-state index in [9.17, 15) is 14.4 Å². The van der Waals surface area contributed by atoms with Gasteiger partial charge in [-0.1, -0.05) is 227 Å². The average molecular weight is 765 g/mol. The highest BCUT2D eigenvalue weighted by Crippen LogP contribution is 2.16. The van der Waals surface area contributed by atoms with Crippen molar-refractivity contribution >= 4 is 17.9 Å². The molecule has 0 saturated heterocycles. The van der Waals surface area contributed by atoms with Crippen LogP contribution in [0.1, 0.15) is 265 Å². The van der Waals surface area contributed by atoms with Gasteiger partial charge in [-0.15, -0.1) is 0 Å². The highest BCUT2D eigenvalue weighted by molar-refractivity contribution is 5.71. The Bertz CT molecular complexity index is 811. The molecule has 0 aromatic carbocycles. The molecule has 0 spiro atoms. The Morgan fingerprint density at radius 3 is 0.907 bits per heavy atom. The lowest BCUT2D eigenvalue weighted by atomic mass is 10.0. The van der Waals surface area contributed by atoms with E-state index in [0.29, 0.717) is 19.3 Å². The molecule has 0 saturated carbocycles. The predicted octanol–water partition coefficient (Wildman–Crippen LogP) is 15.1. The van der Waals surface area contributed by atoms with E-state index in [1.165, 1.54) is 161 Å². The van der Waals surface area contributed by atoms with E-state index in [1.807, 2.05) is 0 Å². The second-order valence-corrected chi connectivity index (χ2v) is 16.9. The molecule has 0 bridgehead atoms. The van der Waals surface area contributed by atoms with E-state index in [1.54, 1.807) is 0 Å². The number of ether oxygens (including phenoxy) is 3. The lowest BCUT2D eigenvalue weighted by Gasteiger charge is -2.18. The fraction of sp³-hybridized carbons (Fsp3) is 0.938. The Morgan fingerprint density at radius 2 is 0.611 bits per heavy atom. The van der Waals surface area contributed by atoms with Crippen molar-refractivity contribution in [1.82, 2.24) is 0 Å². The van der Waals surface area contributed by atoms with Crippen LogP contribution in [0.2, 0.25) is 0 Å². The van der Waals surface area contributed by atoms with Gasteiger partial charge in [-0.3, -0.25) is 14.4 Å². The molecule has 1 atom stereocenters. The van der Waals surface area contributed by atoms with Gasteiger partial charge < -0.3 is 14.2 Å². The van der Waals surface area contributed by atoms with Crippen molar-refractivity contribution in [3.63, 3.8) is 0 Å². The highest BCUT2D eigenvalue weighted by Gasteiger charge is 2.19. The van der Waals surface area contributed by atoms with Gasteiger partial charge in [0.25, 0.3) is 0 Å². The van der Waals surface area contributed by atoms with E-state index in [-0.39, 0.29) is 31.1 Å². The van der Waals surface area contributed by atoms with E-state index in [4.69, 9.17) is 14.2 Å². The maximum absolute atomic E-state index is 12.6. The van der Waals surface area contributed by atoms with Crippen molar-refractivity contribution in [2.45, 2.75) is 271 Å². The molecule has 0 aliphatic carbocycles. The third-order valence-electron chi connectivity index (χ3n) is 10.8. The summed E-state index contributed by atoms with van der Waals surface area (Å²) in [6.07, 6.45) is 42.5. The van der Waals surface area contributed by atoms with Crippen molar-refractivity contribution in [3.05, 3.63) is 0 Å². The van der Waals surface area contributed by atoms with E-state index in [0.717, 1.165) is 63.7 Å². The monoisotopic (exact) mass is 765 g/mol. The van der Waals surface area contributed by atoms with E-state index >= 15 is 0 Å². The van der Waals surface area contributed by atoms with Gasteiger partial charge in [-0.05, 0) is 25.2 Å². The molecule has 54 heavy (non-hydrogen) atoms. The van der Waals surface area contributed by atoms with Crippen LogP contribution in [0.15, 0.2) is 0 Å². The summed E-state index contributed by atoms with van der Waals surface area (Å²) in [5.74, 6) is -0.0501. The molecule has 0 aliphatic rings. The summed E-state index contributed by atoms with van der Waals surface area (Å²) in [4.78, 5) is 37.6. The Hall–Kier alpha value is -1.59. The Labute approximate surface area is 336 Å². The molecular formula is C48H92O6. The van der Waals surface area contributed by atoms with Crippen LogP contribution < -0.4 is 0 Å². The second kappa shape index (κ2) is 42.6. The standard InChI is InChI=1S/C48H92O6/c1-5-7-9-11-13-14-15-16-17-18-19-20-21-24-28-31-35-39-46(49)52-42-45(54-48(51)41-37-33-26-12-10-8-6-2)43-53-47(50)40-36-32-29-25-22-23-27-30-34-38-44(3)4/h44-45H,5-43H2,1-4H3/t45-/m1/s1. The van der Waals surface area contributed by atoms with Crippen molar-refractivity contribution in [2.24, 2.45) is 5.92 Å². The molecule has 0 radical (unpaired) electrons. The predicted molar refractivity (Wildman–Crippen MR) is 229 cm³/mol. The number of carbonyl (C=O) groups is 3. The van der Waals surface area contributed by atoms with Gasteiger partial charge in [0, 0.05) is 19.3 Å². The number of carbonyl (C=O) groups excluding carboxylic acids is 3. The minimum absolute atomic E-state index is 0.0642. The fourth-order valence-electron chi connectivity index (χ4n) is 7.16. The molecule has 0 heterocycles. The Morgan fingerprint density at radius 1 is 0.352 bits per heavy atom. The maximum atomic E-state index is 12.6. The van der Waals surface area contributed by atoms with Crippen molar-refractivity contribution in [1.29, 1.82) is 0 Å². The summed E-state index contributed by atoms with van der Waals surface area (Å²) in [5, 5.41) is 0. The zero-order valence-electron chi connectivity index (χ0n) is 36.7. The van der Waals surface area contributed by atoms with Gasteiger partial charge >= 0.3 is 17.9 Å². The average Bonchev–Trinajstić information content (AvgIpc) is 3.15. The van der Waals surface area contributed by atoms with Gasteiger partial charge in [0.1, 0.15) is 13.2 Å². The Balaban J connectivity index is 4.18. The van der Waals surface area contributed by atoms with Crippen LogP contribution in [0.5, 0.6) is 0 Å². The normalized spacial score (nSPS) is 11.9. The number of unbranched alkanes of at least 4 members (excludes halogenated alkanes) is 30. The van der Waals surface area contributed by atoms with Crippen molar-refractivity contribution < 1.29 is 28.6 Å². The summed E-state index contributed by atoms with van der Waals surface area (Å²) in [7, 11) is 0. The van der Waals surface area contributed by atoms with Crippen molar-refractivity contribution in [3.8, 4) is 0 Å². The summed E-state index contributed by atoms with van der Waals surface area (Å²) >= 11 is 0. The van der Waals surface area contributed by atoms with Crippen LogP contribution >= 0.6 is 0 Å². The molecule has 0 fully saturated rings. The Kier molecular flexibility index (Phi) is 41.3. The zero-order chi connectivity index (χ0) is 39.6. The quantitative estimate of drug-likeness (QED) is 0.0349. The third-order valence-corrected chi connectivity index (χ3v) is 10.8. The molecule has 0 unspecified atom stereocenters. The molecule has 0 aliphatic heterocycles. The SMILES string of the molecule is CCCCCCCCCCCCCCCCCCCC(=O)OC[C@H](COC(=O)CCCCCCCCCCCC(C)C)OC(=O)CCCCCCCCC. The number of esters is 3. The lowest BCUT2D eigenvalue weighted by Crippen LogP contribution is -2.30. The van der Waals surface area contributed by atoms with Crippen LogP contribution in [0.4, 0.5) is 0 Å². The number of hydrogen-bond donors (Lipinski definition) is 0. The first-order valence-corrected chi connectivity index (χ1v) is 23.9. The summed E-state index contributed by atoms with van der Waals surface area (Å²) in [6, 6.07) is 0. The summed E-state index contributed by atoms with van der Waals surface area (Å²) < 4.78 is 16.7. The van der Waals surface area contributed by atoms with Gasteiger partial charge in [0.05, 0.1) is 0 Å². The highest BCUT2D eigenvalue weighted by atomic mass is 16.6. The topological polar surface area (TPSA) is 78.9 Å². The zero-order valence-corrected chi connectivity index (χ0v) is 36.7. The third kappa shape index (κ3) is 41.6. The van der Waals surface area contributed by atoms with Gasteiger partial charge in [0.15, 0.2) is 6.10 Å². The first-order valence-electron chi connectivity index (χ1n) is 23.9. The first-order chi connectivity index (χ1) is 26.4. The van der Waals surface area contributed by atoms with Gasteiger partial charge in [-0.2, -0.15) is 0 Å². The minimum atomic E-state index is -0.758. The molecule has 0 aromatic rings. The molecule has 0 N–H and O–H groups in total. The largest absolute Gasteiger partial charge is 0.462 e. The fourth-order valence-corrected chi connectivity index (χ4v) is 7.16. The number of hydrogen-bond acceptors (Lipinski definition) is 6. The van der Waals surface area contributed by atoms with Crippen LogP contribution in [0.3, 0.4) is 0 Å². The van der Waals surface area contributed by atoms with Crippen LogP contribution in [0.25, 0.3) is 0 Å². The van der Waals surface area contributed by atoms with Gasteiger partial charge in [0.2, 0.25) is 0 Å². The number of rotatable bonds is 43. The van der Waals surface area contributed by atoms with Crippen LogP contribution in [0, 0.1) is 5.92 Å². The maximum Gasteiger partial charge on any atom is 0.306 e. The molecule has 0 aromatic heterocycles. The molecule has 0 amide bonds. The smallest absolute Gasteiger partial charge is 0.306 e. The van der Waals surface area contributed by atoms with Crippen LogP contribution in [-0.2, 0) is 28.6 Å². The van der Waals surface area contributed by atoms with Crippen molar-refractivity contribution in [2.75, 3.05) is 13.2 Å². The van der Waals surface area contributed by atoms with Gasteiger partial charge in [-0.25, -0.2) is 0 Å². The minimum Gasteiger partial charge on any atom is -0.462 e. The van der Waals surface area contributed by atoms with E-state index < -0.39 is 6.10 Å². The molecule has 320 valence electrons. The second-order valence-electron chi connectivity index (χ2n) is 16.9.